The van der Waals surface area contributed by atoms with Gasteiger partial charge in [-0.2, -0.15) is 0 Å². The molecule has 2 amide bonds. The molecular formula is C19H34N2O2. The molecule has 4 nitrogen and oxygen atoms in total. The second-order valence-corrected chi connectivity index (χ2v) is 9.28. The Hall–Kier alpha value is -1.06. The standard InChI is InChI=1S/C19H34N2O2/c1-18(2,3)11-16(22)21-12-15-14(19(15,4)5)8-6-7-13-9-10-20-17(13)23/h13-15H,6-12H2,1-5H3,(H,20,23)(H,21,22). The van der Waals surface area contributed by atoms with Gasteiger partial charge in [-0.3, -0.25) is 9.59 Å². The van der Waals surface area contributed by atoms with Gasteiger partial charge in [0.25, 0.3) is 0 Å². The Balaban J connectivity index is 1.68. The maximum Gasteiger partial charge on any atom is 0.223 e. The van der Waals surface area contributed by atoms with Crippen molar-refractivity contribution in [1.82, 2.24) is 10.6 Å². The van der Waals surface area contributed by atoms with Crippen LogP contribution in [0.2, 0.25) is 0 Å². The summed E-state index contributed by atoms with van der Waals surface area (Å²) in [5.41, 5.74) is 0.372. The van der Waals surface area contributed by atoms with Crippen molar-refractivity contribution in [3.8, 4) is 0 Å². The zero-order chi connectivity index (χ0) is 17.3. The largest absolute Gasteiger partial charge is 0.356 e. The number of hydrogen-bond acceptors (Lipinski definition) is 2. The van der Waals surface area contributed by atoms with E-state index in [0.717, 1.165) is 32.4 Å². The van der Waals surface area contributed by atoms with Gasteiger partial charge in [0.05, 0.1) is 0 Å². The van der Waals surface area contributed by atoms with E-state index in [9.17, 15) is 9.59 Å². The molecule has 0 aromatic carbocycles. The molecule has 1 saturated carbocycles. The van der Waals surface area contributed by atoms with Gasteiger partial charge in [0.1, 0.15) is 0 Å². The number of amides is 2. The van der Waals surface area contributed by atoms with Crippen LogP contribution in [0.1, 0.15) is 66.7 Å². The Morgan fingerprint density at radius 3 is 2.52 bits per heavy atom. The normalized spacial score (nSPS) is 29.3. The van der Waals surface area contributed by atoms with Crippen LogP contribution < -0.4 is 10.6 Å². The summed E-state index contributed by atoms with van der Waals surface area (Å²) in [6.45, 7) is 12.5. The molecule has 1 saturated heterocycles. The third-order valence-corrected chi connectivity index (χ3v) is 5.73. The number of carbonyl (C=O) groups is 2. The first-order valence-electron chi connectivity index (χ1n) is 9.15. The van der Waals surface area contributed by atoms with Gasteiger partial charge in [0, 0.05) is 25.4 Å². The van der Waals surface area contributed by atoms with Crippen LogP contribution in [0.15, 0.2) is 0 Å². The van der Waals surface area contributed by atoms with Crippen LogP contribution in [0.4, 0.5) is 0 Å². The first-order valence-corrected chi connectivity index (χ1v) is 9.15. The fourth-order valence-corrected chi connectivity index (χ4v) is 4.11. The Kier molecular flexibility index (Phi) is 5.42. The molecule has 23 heavy (non-hydrogen) atoms. The first-order chi connectivity index (χ1) is 10.6. The number of nitrogens with one attached hydrogen (secondary N) is 2. The van der Waals surface area contributed by atoms with Crippen molar-refractivity contribution in [2.75, 3.05) is 13.1 Å². The van der Waals surface area contributed by atoms with Gasteiger partial charge in [-0.15, -0.1) is 0 Å². The average molecular weight is 322 g/mol. The van der Waals surface area contributed by atoms with Gasteiger partial charge in [-0.25, -0.2) is 0 Å². The summed E-state index contributed by atoms with van der Waals surface area (Å²) in [5.74, 6) is 1.92. The minimum atomic E-state index is 0.0460. The van der Waals surface area contributed by atoms with E-state index in [-0.39, 0.29) is 23.1 Å². The quantitative estimate of drug-likeness (QED) is 0.756. The van der Waals surface area contributed by atoms with Crippen LogP contribution in [0.5, 0.6) is 0 Å². The van der Waals surface area contributed by atoms with Gasteiger partial charge in [0.15, 0.2) is 0 Å². The lowest BCUT2D eigenvalue weighted by molar-refractivity contribution is -0.123. The minimum absolute atomic E-state index is 0.0460. The molecule has 4 heteroatoms. The topological polar surface area (TPSA) is 58.2 Å². The van der Waals surface area contributed by atoms with Crippen molar-refractivity contribution in [3.63, 3.8) is 0 Å². The lowest BCUT2D eigenvalue weighted by atomic mass is 9.92. The molecule has 132 valence electrons. The van der Waals surface area contributed by atoms with Crippen LogP contribution in [-0.4, -0.2) is 24.9 Å². The second kappa shape index (κ2) is 6.82. The third-order valence-electron chi connectivity index (χ3n) is 5.73. The van der Waals surface area contributed by atoms with Crippen molar-refractivity contribution in [3.05, 3.63) is 0 Å². The summed E-state index contributed by atoms with van der Waals surface area (Å²) in [5, 5.41) is 6.04. The van der Waals surface area contributed by atoms with E-state index in [0.29, 0.717) is 23.7 Å². The van der Waals surface area contributed by atoms with Gasteiger partial charge in [-0.1, -0.05) is 41.0 Å². The fourth-order valence-electron chi connectivity index (χ4n) is 4.11. The number of carbonyl (C=O) groups excluding carboxylic acids is 2. The SMILES string of the molecule is CC(C)(C)CC(=O)NCC1C(CCCC2CCNC2=O)C1(C)C. The van der Waals surface area contributed by atoms with Crippen LogP contribution in [-0.2, 0) is 9.59 Å². The molecule has 0 aromatic heterocycles. The van der Waals surface area contributed by atoms with E-state index < -0.39 is 0 Å². The maximum atomic E-state index is 12.0. The molecule has 0 aromatic rings. The van der Waals surface area contributed by atoms with Gasteiger partial charge in [0.2, 0.25) is 11.8 Å². The molecule has 2 rings (SSSR count). The molecule has 2 fully saturated rings. The van der Waals surface area contributed by atoms with E-state index in [4.69, 9.17) is 0 Å². The number of hydrogen-bond donors (Lipinski definition) is 2. The third kappa shape index (κ3) is 4.95. The zero-order valence-corrected chi connectivity index (χ0v) is 15.5. The minimum Gasteiger partial charge on any atom is -0.356 e. The Labute approximate surface area is 141 Å². The highest BCUT2D eigenvalue weighted by molar-refractivity contribution is 5.80. The summed E-state index contributed by atoms with van der Waals surface area (Å²) in [7, 11) is 0. The Bertz CT molecular complexity index is 451. The molecule has 1 aliphatic heterocycles. The Morgan fingerprint density at radius 1 is 1.26 bits per heavy atom. The molecule has 2 N–H and O–H groups in total. The fraction of sp³-hybridized carbons (Fsp3) is 0.895. The summed E-state index contributed by atoms with van der Waals surface area (Å²) >= 11 is 0. The second-order valence-electron chi connectivity index (χ2n) is 9.28. The average Bonchev–Trinajstić information content (AvgIpc) is 2.72. The summed E-state index contributed by atoms with van der Waals surface area (Å²) in [6, 6.07) is 0. The van der Waals surface area contributed by atoms with Crippen molar-refractivity contribution >= 4 is 11.8 Å². The molecule has 0 spiro atoms. The van der Waals surface area contributed by atoms with E-state index in [1.54, 1.807) is 0 Å². The lowest BCUT2D eigenvalue weighted by Gasteiger charge is -2.17. The molecule has 3 atom stereocenters. The van der Waals surface area contributed by atoms with Gasteiger partial charge < -0.3 is 10.6 Å². The molecule has 2 aliphatic rings. The zero-order valence-electron chi connectivity index (χ0n) is 15.5. The van der Waals surface area contributed by atoms with Gasteiger partial charge >= 0.3 is 0 Å². The van der Waals surface area contributed by atoms with Gasteiger partial charge in [-0.05, 0) is 41.9 Å². The van der Waals surface area contributed by atoms with Crippen LogP contribution >= 0.6 is 0 Å². The summed E-state index contributed by atoms with van der Waals surface area (Å²) in [4.78, 5) is 23.6. The van der Waals surface area contributed by atoms with E-state index in [1.165, 1.54) is 6.42 Å². The highest BCUT2D eigenvalue weighted by Crippen LogP contribution is 2.60. The first kappa shape index (κ1) is 18.3. The van der Waals surface area contributed by atoms with E-state index in [2.05, 4.69) is 45.3 Å². The Morgan fingerprint density at radius 2 is 1.96 bits per heavy atom. The lowest BCUT2D eigenvalue weighted by Crippen LogP contribution is -2.30. The predicted octanol–water partition coefficient (Wildman–Crippen LogP) is 3.12. The van der Waals surface area contributed by atoms with Crippen LogP contribution in [0.3, 0.4) is 0 Å². The monoisotopic (exact) mass is 322 g/mol. The molecule has 0 radical (unpaired) electrons. The number of rotatable bonds is 7. The van der Waals surface area contributed by atoms with Crippen LogP contribution in [0.25, 0.3) is 0 Å². The predicted molar refractivity (Wildman–Crippen MR) is 92.8 cm³/mol. The van der Waals surface area contributed by atoms with Crippen molar-refractivity contribution in [2.45, 2.75) is 66.7 Å². The molecule has 0 bridgehead atoms. The van der Waals surface area contributed by atoms with Crippen molar-refractivity contribution < 1.29 is 9.59 Å². The summed E-state index contributed by atoms with van der Waals surface area (Å²) in [6.07, 6.45) is 4.90. The highest BCUT2D eigenvalue weighted by atomic mass is 16.2. The smallest absolute Gasteiger partial charge is 0.223 e. The van der Waals surface area contributed by atoms with Crippen molar-refractivity contribution in [1.29, 1.82) is 0 Å². The summed E-state index contributed by atoms with van der Waals surface area (Å²) < 4.78 is 0. The van der Waals surface area contributed by atoms with E-state index in [1.807, 2.05) is 0 Å². The van der Waals surface area contributed by atoms with E-state index >= 15 is 0 Å². The molecule has 1 aliphatic carbocycles. The molecule has 3 unspecified atom stereocenters. The van der Waals surface area contributed by atoms with Crippen LogP contribution in [0, 0.1) is 28.6 Å². The highest BCUT2D eigenvalue weighted by Gasteiger charge is 2.56. The molecular weight excluding hydrogens is 288 g/mol. The molecule has 1 heterocycles. The maximum absolute atomic E-state index is 12.0. The van der Waals surface area contributed by atoms with Crippen molar-refractivity contribution in [2.24, 2.45) is 28.6 Å².